The molecule has 1 aromatic carbocycles. The number of halogens is 3. The van der Waals surface area contributed by atoms with E-state index in [0.29, 0.717) is 17.1 Å². The summed E-state index contributed by atoms with van der Waals surface area (Å²) >= 11 is 1.31. The fraction of sp³-hybridized carbons (Fsp3) is 0.440. The predicted octanol–water partition coefficient (Wildman–Crippen LogP) is 6.16. The van der Waals surface area contributed by atoms with Gasteiger partial charge in [-0.25, -0.2) is 15.0 Å². The van der Waals surface area contributed by atoms with Crippen molar-refractivity contribution in [1.82, 2.24) is 15.0 Å². The topological polar surface area (TPSA) is 108 Å². The number of aliphatic hydroxyl groups is 1. The Kier molecular flexibility index (Phi) is 6.37. The van der Waals surface area contributed by atoms with E-state index in [2.05, 4.69) is 20.3 Å². The highest BCUT2D eigenvalue weighted by molar-refractivity contribution is 7.15. The van der Waals surface area contributed by atoms with Gasteiger partial charge in [-0.3, -0.25) is 4.79 Å². The van der Waals surface area contributed by atoms with E-state index in [9.17, 15) is 28.2 Å². The van der Waals surface area contributed by atoms with Crippen LogP contribution in [0.4, 0.5) is 24.8 Å². The van der Waals surface area contributed by atoms with Gasteiger partial charge in [-0.2, -0.15) is 13.2 Å². The van der Waals surface area contributed by atoms with Gasteiger partial charge in [-0.15, -0.1) is 11.3 Å². The fourth-order valence-electron chi connectivity index (χ4n) is 4.71. The van der Waals surface area contributed by atoms with E-state index in [0.717, 1.165) is 28.3 Å². The first-order valence-electron chi connectivity index (χ1n) is 11.3. The van der Waals surface area contributed by atoms with E-state index in [-0.39, 0.29) is 18.8 Å². The van der Waals surface area contributed by atoms with Gasteiger partial charge in [-0.05, 0) is 67.9 Å². The van der Waals surface area contributed by atoms with Crippen LogP contribution < -0.4 is 5.32 Å². The molecule has 2 atom stereocenters. The summed E-state index contributed by atoms with van der Waals surface area (Å²) < 4.78 is 39.0. The van der Waals surface area contributed by atoms with E-state index in [4.69, 9.17) is 0 Å². The summed E-state index contributed by atoms with van der Waals surface area (Å²) in [5, 5.41) is 24.6. The number of rotatable bonds is 5. The Morgan fingerprint density at radius 3 is 2.50 bits per heavy atom. The first kappa shape index (κ1) is 26.0. The Balaban J connectivity index is 1.60. The van der Waals surface area contributed by atoms with Crippen LogP contribution in [0.2, 0.25) is 0 Å². The molecule has 0 spiro atoms. The molecule has 0 radical (unpaired) electrons. The molecule has 4 rings (SSSR count). The Hall–Kier alpha value is -3.05. The molecule has 2 heterocycles. The zero-order valence-electron chi connectivity index (χ0n) is 20.3. The van der Waals surface area contributed by atoms with Crippen molar-refractivity contribution < 1.29 is 28.2 Å². The minimum Gasteiger partial charge on any atom is -0.481 e. The van der Waals surface area contributed by atoms with E-state index in [1.807, 2.05) is 26.8 Å². The number of aromatic nitrogens is 3. The number of aryl methyl sites for hydroxylation is 1. The van der Waals surface area contributed by atoms with Crippen LogP contribution in [0.5, 0.6) is 0 Å². The van der Waals surface area contributed by atoms with Crippen molar-refractivity contribution in [3.05, 3.63) is 52.9 Å². The zero-order chi connectivity index (χ0) is 26.5. The first-order chi connectivity index (χ1) is 16.6. The molecule has 0 unspecified atom stereocenters. The third-order valence-electron chi connectivity index (χ3n) is 7.21. The molecule has 0 bridgehead atoms. The van der Waals surface area contributed by atoms with Crippen molar-refractivity contribution in [3.63, 3.8) is 0 Å². The normalized spacial score (nSPS) is 23.9. The number of hydrogen-bond acceptors (Lipinski definition) is 7. The summed E-state index contributed by atoms with van der Waals surface area (Å²) in [4.78, 5) is 24.6. The first-order valence-corrected chi connectivity index (χ1v) is 12.2. The second-order valence-electron chi connectivity index (χ2n) is 10.2. The molecule has 192 valence electrons. The van der Waals surface area contributed by atoms with Crippen LogP contribution in [-0.2, 0) is 16.6 Å². The molecular formula is C25H27F3N4O3S. The third-order valence-corrected chi connectivity index (χ3v) is 8.45. The lowest BCUT2D eigenvalue weighted by molar-refractivity contribution is -0.170. The number of thiazole rings is 1. The van der Waals surface area contributed by atoms with E-state index in [1.165, 1.54) is 11.3 Å². The van der Waals surface area contributed by atoms with Gasteiger partial charge in [0.05, 0.1) is 10.3 Å². The van der Waals surface area contributed by atoms with Crippen LogP contribution in [0.3, 0.4) is 0 Å². The van der Waals surface area contributed by atoms with E-state index >= 15 is 0 Å². The third kappa shape index (κ3) is 4.81. The SMILES string of the molecule is Cc1cc(Nc2nccc(C(F)(F)F)n2)cc(-c2cnc([C@@]3(O)CC[C@](C)(C(=O)O)C(C)(C)C3)s2)c1. The molecule has 3 aromatic rings. The summed E-state index contributed by atoms with van der Waals surface area (Å²) in [6, 6.07) is 6.23. The van der Waals surface area contributed by atoms with E-state index in [1.54, 1.807) is 25.3 Å². The quantitative estimate of drug-likeness (QED) is 0.370. The lowest BCUT2D eigenvalue weighted by Crippen LogP contribution is -2.51. The predicted molar refractivity (Wildman–Crippen MR) is 130 cm³/mol. The molecule has 1 fully saturated rings. The van der Waals surface area contributed by atoms with Gasteiger partial charge in [0, 0.05) is 18.1 Å². The molecular weight excluding hydrogens is 493 g/mol. The minimum atomic E-state index is -4.58. The highest BCUT2D eigenvalue weighted by Crippen LogP contribution is 2.56. The van der Waals surface area contributed by atoms with E-state index < -0.39 is 34.3 Å². The van der Waals surface area contributed by atoms with Crippen molar-refractivity contribution in [3.8, 4) is 10.4 Å². The average molecular weight is 521 g/mol. The maximum atomic E-state index is 13.0. The number of aliphatic carboxylic acids is 1. The van der Waals surface area contributed by atoms with Crippen molar-refractivity contribution in [1.29, 1.82) is 0 Å². The molecule has 0 amide bonds. The van der Waals surface area contributed by atoms with Crippen molar-refractivity contribution >= 4 is 28.9 Å². The van der Waals surface area contributed by atoms with Crippen LogP contribution in [0, 0.1) is 17.8 Å². The van der Waals surface area contributed by atoms with Gasteiger partial charge in [-0.1, -0.05) is 19.9 Å². The molecule has 1 aliphatic carbocycles. The van der Waals surface area contributed by atoms with Gasteiger partial charge in [0.2, 0.25) is 5.95 Å². The number of hydrogen-bond donors (Lipinski definition) is 3. The molecule has 3 N–H and O–H groups in total. The van der Waals surface area contributed by atoms with Crippen LogP contribution in [0.25, 0.3) is 10.4 Å². The molecule has 0 aliphatic heterocycles. The molecule has 36 heavy (non-hydrogen) atoms. The Morgan fingerprint density at radius 2 is 1.86 bits per heavy atom. The molecule has 7 nitrogen and oxygen atoms in total. The second kappa shape index (κ2) is 8.81. The van der Waals surface area contributed by atoms with Gasteiger partial charge in [0.1, 0.15) is 16.3 Å². The van der Waals surface area contributed by atoms with Crippen LogP contribution in [-0.4, -0.2) is 31.1 Å². The number of carboxylic acid groups (broad SMARTS) is 1. The number of alkyl halides is 3. The summed E-state index contributed by atoms with van der Waals surface area (Å²) in [5.41, 5.74) is -1.78. The highest BCUT2D eigenvalue weighted by Gasteiger charge is 2.56. The van der Waals surface area contributed by atoms with Gasteiger partial charge < -0.3 is 15.5 Å². The molecule has 1 aliphatic rings. The summed E-state index contributed by atoms with van der Waals surface area (Å²) in [6.07, 6.45) is -1.04. The van der Waals surface area contributed by atoms with Crippen LogP contribution in [0.15, 0.2) is 36.7 Å². The molecule has 1 saturated carbocycles. The fourth-order valence-corrected chi connectivity index (χ4v) is 5.73. The van der Waals surface area contributed by atoms with Crippen molar-refractivity contribution in [2.24, 2.45) is 10.8 Å². The van der Waals surface area contributed by atoms with Crippen LogP contribution in [0.1, 0.15) is 56.3 Å². The largest absolute Gasteiger partial charge is 0.481 e. The monoisotopic (exact) mass is 520 g/mol. The summed E-state index contributed by atoms with van der Waals surface area (Å²) in [5.74, 6) is -1.05. The summed E-state index contributed by atoms with van der Waals surface area (Å²) in [7, 11) is 0. The summed E-state index contributed by atoms with van der Waals surface area (Å²) in [6.45, 7) is 7.29. The number of anilines is 2. The Labute approximate surface area is 210 Å². The van der Waals surface area contributed by atoms with Gasteiger partial charge in [0.25, 0.3) is 0 Å². The molecule has 2 aromatic heterocycles. The highest BCUT2D eigenvalue weighted by atomic mass is 32.1. The van der Waals surface area contributed by atoms with Crippen molar-refractivity contribution in [2.75, 3.05) is 5.32 Å². The van der Waals surface area contributed by atoms with Gasteiger partial charge >= 0.3 is 12.1 Å². The lowest BCUT2D eigenvalue weighted by atomic mass is 9.55. The zero-order valence-corrected chi connectivity index (χ0v) is 21.1. The number of nitrogens with one attached hydrogen (secondary N) is 1. The second-order valence-corrected chi connectivity index (χ2v) is 11.3. The Bertz CT molecular complexity index is 1310. The number of carboxylic acids is 1. The maximum absolute atomic E-state index is 13.0. The van der Waals surface area contributed by atoms with Crippen LogP contribution >= 0.6 is 11.3 Å². The molecule has 11 heteroatoms. The van der Waals surface area contributed by atoms with Gasteiger partial charge in [0.15, 0.2) is 0 Å². The lowest BCUT2D eigenvalue weighted by Gasteiger charge is -2.50. The minimum absolute atomic E-state index is 0.174. The number of nitrogens with zero attached hydrogens (tertiary/aromatic N) is 3. The number of carbonyl (C=O) groups is 1. The van der Waals surface area contributed by atoms with Crippen molar-refractivity contribution in [2.45, 2.75) is 58.7 Å². The maximum Gasteiger partial charge on any atom is 0.433 e. The smallest absolute Gasteiger partial charge is 0.433 e. The number of benzene rings is 1. The average Bonchev–Trinajstić information content (AvgIpc) is 3.27. The Morgan fingerprint density at radius 1 is 1.14 bits per heavy atom. The molecule has 0 saturated heterocycles. The standard InChI is InChI=1S/C25H27F3N4O3S/c1-14-9-15(11-16(10-14)31-21-29-8-5-18(32-21)25(26,27)28)17-12-30-19(36-17)24(35)7-6-23(4,20(33)34)22(2,3)13-24/h5,8-12,35H,6-7,13H2,1-4H3,(H,33,34)(H,29,31,32)/t23-,24-/m1/s1.